The highest BCUT2D eigenvalue weighted by Crippen LogP contribution is 2.54. The van der Waals surface area contributed by atoms with Crippen molar-refractivity contribution in [1.82, 2.24) is 15.6 Å². The van der Waals surface area contributed by atoms with Gasteiger partial charge in [-0.25, -0.2) is 9.59 Å². The van der Waals surface area contributed by atoms with E-state index in [4.69, 9.17) is 9.47 Å². The smallest absolute Gasteiger partial charge is 0.408 e. The number of aromatic amines is 1. The molecule has 4 aliphatic carbocycles. The molecule has 2 amide bonds. The average molecular weight is 584 g/mol. The van der Waals surface area contributed by atoms with E-state index in [1.165, 1.54) is 19.6 Å². The van der Waals surface area contributed by atoms with E-state index in [0.29, 0.717) is 11.8 Å². The lowest BCUT2D eigenvalue weighted by atomic mass is 9.55. The second kappa shape index (κ2) is 12.3. The van der Waals surface area contributed by atoms with Gasteiger partial charge in [-0.1, -0.05) is 54.6 Å². The first-order valence-electron chi connectivity index (χ1n) is 15.4. The molecular formula is C35H41N3O5. The van der Waals surface area contributed by atoms with Crippen molar-refractivity contribution in [1.29, 1.82) is 0 Å². The van der Waals surface area contributed by atoms with Crippen molar-refractivity contribution in [3.63, 3.8) is 0 Å². The van der Waals surface area contributed by atoms with Gasteiger partial charge in [0.1, 0.15) is 11.6 Å². The summed E-state index contributed by atoms with van der Waals surface area (Å²) in [6.45, 7) is 1.98. The molecule has 43 heavy (non-hydrogen) atoms. The molecule has 1 aromatic heterocycles. The number of alkyl carbamates (subject to hydrolysis) is 1. The number of methoxy groups -OCH3 is 1. The summed E-state index contributed by atoms with van der Waals surface area (Å²) in [5, 5.41) is 7.06. The standard InChI is InChI=1S/C35H41N3O5/c1-35(19-28-21-36-30-11-7-6-10-29(28)30,38-34(41)43-32-26-15-22-14-23(17-26)18-27(32)16-22)33(40)37-20-25(12-13-31(39)42-2)24-8-4-3-5-9-24/h3-13,21-23,25-27,32,36H,14-20H2,1-2H3,(H,37,40)(H,38,41). The Bertz CT molecular complexity index is 1470. The first-order chi connectivity index (χ1) is 20.8. The monoisotopic (exact) mass is 583 g/mol. The molecule has 4 fully saturated rings. The van der Waals surface area contributed by atoms with Crippen LogP contribution >= 0.6 is 0 Å². The van der Waals surface area contributed by atoms with E-state index < -0.39 is 17.6 Å². The van der Waals surface area contributed by atoms with E-state index in [2.05, 4.69) is 15.6 Å². The zero-order valence-electron chi connectivity index (χ0n) is 24.9. The average Bonchev–Trinajstić information content (AvgIpc) is 3.41. The fraction of sp³-hybridized carbons (Fsp3) is 0.457. The van der Waals surface area contributed by atoms with E-state index in [1.54, 1.807) is 13.0 Å². The summed E-state index contributed by atoms with van der Waals surface area (Å²) in [5.41, 5.74) is 1.54. The van der Waals surface area contributed by atoms with Crippen molar-refractivity contribution in [2.75, 3.05) is 13.7 Å². The van der Waals surface area contributed by atoms with Crippen LogP contribution in [0.15, 0.2) is 72.9 Å². The van der Waals surface area contributed by atoms with Crippen molar-refractivity contribution in [2.24, 2.45) is 23.7 Å². The normalized spacial score (nSPS) is 26.1. The maximum atomic E-state index is 14.0. The van der Waals surface area contributed by atoms with Gasteiger partial charge in [-0.15, -0.1) is 0 Å². The summed E-state index contributed by atoms with van der Waals surface area (Å²) in [5.74, 6) is 1.32. The van der Waals surface area contributed by atoms with Crippen LogP contribution in [0, 0.1) is 23.7 Å². The maximum absolute atomic E-state index is 14.0. The molecule has 3 N–H and O–H groups in total. The number of carbonyl (C=O) groups is 3. The highest BCUT2D eigenvalue weighted by atomic mass is 16.6. The molecular weight excluding hydrogens is 542 g/mol. The van der Waals surface area contributed by atoms with Crippen molar-refractivity contribution in [3.05, 3.63) is 84.1 Å². The number of esters is 1. The van der Waals surface area contributed by atoms with Crippen molar-refractivity contribution in [2.45, 2.75) is 63.0 Å². The number of benzene rings is 2. The SMILES string of the molecule is COC(=O)C=CC(CNC(=O)C(C)(Cc1c[nH]c2ccccc12)NC(=O)OC1C2CC3CC(C2)CC1C3)c1ccccc1. The summed E-state index contributed by atoms with van der Waals surface area (Å²) in [6, 6.07) is 17.6. The molecule has 0 aliphatic heterocycles. The molecule has 2 aromatic carbocycles. The topological polar surface area (TPSA) is 110 Å². The predicted molar refractivity (Wildman–Crippen MR) is 164 cm³/mol. The van der Waals surface area contributed by atoms with Gasteiger partial charge in [0.05, 0.1) is 7.11 Å². The molecule has 2 atom stereocenters. The molecule has 2 unspecified atom stereocenters. The molecule has 8 nitrogen and oxygen atoms in total. The molecule has 0 radical (unpaired) electrons. The number of nitrogens with one attached hydrogen (secondary N) is 3. The zero-order chi connectivity index (χ0) is 30.0. The largest absolute Gasteiger partial charge is 0.466 e. The van der Waals surface area contributed by atoms with Crippen LogP contribution in [0.3, 0.4) is 0 Å². The van der Waals surface area contributed by atoms with Crippen LogP contribution in [0.5, 0.6) is 0 Å². The number of hydrogen-bond acceptors (Lipinski definition) is 5. The van der Waals surface area contributed by atoms with Crippen LogP contribution in [0.2, 0.25) is 0 Å². The number of carbonyl (C=O) groups excluding carboxylic acids is 3. The van der Waals surface area contributed by atoms with Crippen LogP contribution in [-0.4, -0.2) is 48.3 Å². The maximum Gasteiger partial charge on any atom is 0.408 e. The van der Waals surface area contributed by atoms with Crippen molar-refractivity contribution < 1.29 is 23.9 Å². The first-order valence-corrected chi connectivity index (χ1v) is 15.4. The molecule has 3 aromatic rings. The number of aromatic nitrogens is 1. The van der Waals surface area contributed by atoms with Crippen LogP contribution < -0.4 is 10.6 Å². The van der Waals surface area contributed by atoms with Gasteiger partial charge in [0.2, 0.25) is 5.91 Å². The second-order valence-electron chi connectivity index (χ2n) is 12.9. The summed E-state index contributed by atoms with van der Waals surface area (Å²) in [7, 11) is 1.33. The van der Waals surface area contributed by atoms with Crippen molar-refractivity contribution >= 4 is 28.9 Å². The van der Waals surface area contributed by atoms with Crippen LogP contribution in [-0.2, 0) is 25.5 Å². The van der Waals surface area contributed by atoms with Gasteiger partial charge >= 0.3 is 12.1 Å². The number of fused-ring (bicyclic) bond motifs is 1. The van der Waals surface area contributed by atoms with E-state index in [9.17, 15) is 14.4 Å². The third kappa shape index (κ3) is 6.33. The van der Waals surface area contributed by atoms with Gasteiger partial charge in [-0.2, -0.15) is 0 Å². The summed E-state index contributed by atoms with van der Waals surface area (Å²) < 4.78 is 10.9. The molecule has 1 heterocycles. The quantitative estimate of drug-likeness (QED) is 0.211. The summed E-state index contributed by atoms with van der Waals surface area (Å²) in [4.78, 5) is 42.7. The highest BCUT2D eigenvalue weighted by molar-refractivity contribution is 5.91. The Balaban J connectivity index is 1.21. The van der Waals surface area contributed by atoms with E-state index in [-0.39, 0.29) is 30.9 Å². The summed E-state index contributed by atoms with van der Waals surface area (Å²) >= 11 is 0. The lowest BCUT2D eigenvalue weighted by Crippen LogP contribution is -2.60. The Kier molecular flexibility index (Phi) is 8.28. The van der Waals surface area contributed by atoms with E-state index >= 15 is 0 Å². The van der Waals surface area contributed by atoms with Gasteiger partial charge in [-0.05, 0) is 79.9 Å². The lowest BCUT2D eigenvalue weighted by molar-refractivity contribution is -0.134. The fourth-order valence-corrected chi connectivity index (χ4v) is 7.94. The lowest BCUT2D eigenvalue weighted by Gasteiger charge is -2.53. The van der Waals surface area contributed by atoms with E-state index in [0.717, 1.165) is 59.5 Å². The third-order valence-corrected chi connectivity index (χ3v) is 9.86. The Hall–Kier alpha value is -4.07. The molecule has 0 saturated heterocycles. The van der Waals surface area contributed by atoms with Crippen LogP contribution in [0.25, 0.3) is 10.9 Å². The molecule has 4 bridgehead atoms. The van der Waals surface area contributed by atoms with Gasteiger partial charge in [0.15, 0.2) is 0 Å². The van der Waals surface area contributed by atoms with Crippen LogP contribution in [0.1, 0.15) is 56.1 Å². The summed E-state index contributed by atoms with van der Waals surface area (Å²) in [6.07, 6.45) is 10.5. The molecule has 4 aliphatic rings. The Morgan fingerprint density at radius 3 is 2.35 bits per heavy atom. The minimum Gasteiger partial charge on any atom is -0.466 e. The third-order valence-electron chi connectivity index (χ3n) is 9.86. The number of ether oxygens (including phenoxy) is 2. The number of hydrogen-bond donors (Lipinski definition) is 3. The highest BCUT2D eigenvalue weighted by Gasteiger charge is 2.50. The van der Waals surface area contributed by atoms with Gasteiger partial charge in [0.25, 0.3) is 0 Å². The molecule has 7 rings (SSSR count). The minimum absolute atomic E-state index is 0.0841. The van der Waals surface area contributed by atoms with Gasteiger partial charge in [-0.3, -0.25) is 4.79 Å². The zero-order valence-corrected chi connectivity index (χ0v) is 24.9. The van der Waals surface area contributed by atoms with Gasteiger partial charge < -0.3 is 25.1 Å². The first kappa shape index (κ1) is 29.0. The Morgan fingerprint density at radius 2 is 1.65 bits per heavy atom. The number of para-hydroxylation sites is 1. The molecule has 8 heteroatoms. The fourth-order valence-electron chi connectivity index (χ4n) is 7.94. The molecule has 226 valence electrons. The van der Waals surface area contributed by atoms with Crippen molar-refractivity contribution in [3.8, 4) is 0 Å². The Morgan fingerprint density at radius 1 is 0.977 bits per heavy atom. The minimum atomic E-state index is -1.29. The number of amides is 2. The van der Waals surface area contributed by atoms with Gasteiger partial charge in [0, 0.05) is 42.1 Å². The Labute approximate surface area is 252 Å². The molecule has 4 saturated carbocycles. The number of rotatable bonds is 10. The van der Waals surface area contributed by atoms with E-state index in [1.807, 2.05) is 60.8 Å². The molecule has 0 spiro atoms. The van der Waals surface area contributed by atoms with Crippen LogP contribution in [0.4, 0.5) is 4.79 Å². The second-order valence-corrected chi connectivity index (χ2v) is 12.9. The number of H-pyrrole nitrogens is 1. The predicted octanol–water partition coefficient (Wildman–Crippen LogP) is 5.65.